The van der Waals surface area contributed by atoms with Gasteiger partial charge in [0.25, 0.3) is 5.91 Å². The summed E-state index contributed by atoms with van der Waals surface area (Å²) in [5, 5.41) is 17.7. The van der Waals surface area contributed by atoms with E-state index in [1.165, 1.54) is 0 Å². The second-order valence-corrected chi connectivity index (χ2v) is 4.93. The Morgan fingerprint density at radius 1 is 1.33 bits per heavy atom. The van der Waals surface area contributed by atoms with E-state index in [2.05, 4.69) is 30.9 Å². The Kier molecular flexibility index (Phi) is 3.83. The summed E-state index contributed by atoms with van der Waals surface area (Å²) in [7, 11) is 0. The highest BCUT2D eigenvalue weighted by Crippen LogP contribution is 2.26. The molecule has 2 aromatic heterocycles. The number of aromatic nitrogens is 5. The van der Waals surface area contributed by atoms with Crippen molar-refractivity contribution in [1.82, 2.24) is 30.9 Å². The summed E-state index contributed by atoms with van der Waals surface area (Å²) in [6.07, 6.45) is 1.38. The Morgan fingerprint density at radius 3 is 2.95 bits per heavy atom. The van der Waals surface area contributed by atoms with Crippen molar-refractivity contribution in [3.8, 4) is 0 Å². The number of amides is 1. The van der Waals surface area contributed by atoms with Gasteiger partial charge in [-0.3, -0.25) is 4.79 Å². The SMILES string of the molecule is O=C(NCCCc1nn[nH]n1)c1[nH]c2ccccc2c1Cl. The van der Waals surface area contributed by atoms with E-state index in [0.717, 1.165) is 17.3 Å². The summed E-state index contributed by atoms with van der Waals surface area (Å²) in [5.41, 5.74) is 1.23. The van der Waals surface area contributed by atoms with E-state index in [9.17, 15) is 4.79 Å². The molecule has 0 fully saturated rings. The molecule has 0 saturated heterocycles. The number of tetrazole rings is 1. The average Bonchev–Trinajstić information content (AvgIpc) is 3.12. The molecule has 0 aliphatic rings. The number of fused-ring (bicyclic) bond motifs is 1. The normalized spacial score (nSPS) is 10.9. The fraction of sp³-hybridized carbons (Fsp3) is 0.231. The van der Waals surface area contributed by atoms with Crippen LogP contribution in [-0.4, -0.2) is 38.1 Å². The molecule has 8 heteroatoms. The van der Waals surface area contributed by atoms with Crippen molar-refractivity contribution in [2.45, 2.75) is 12.8 Å². The lowest BCUT2D eigenvalue weighted by atomic mass is 10.2. The van der Waals surface area contributed by atoms with Crippen LogP contribution in [0.4, 0.5) is 0 Å². The molecule has 0 unspecified atom stereocenters. The first-order valence-corrected chi connectivity index (χ1v) is 6.90. The number of hydrogen-bond acceptors (Lipinski definition) is 4. The van der Waals surface area contributed by atoms with Crippen molar-refractivity contribution in [1.29, 1.82) is 0 Å². The number of para-hydroxylation sites is 1. The van der Waals surface area contributed by atoms with Gasteiger partial charge in [-0.15, -0.1) is 10.2 Å². The number of hydrogen-bond donors (Lipinski definition) is 3. The monoisotopic (exact) mass is 304 g/mol. The third-order valence-electron chi connectivity index (χ3n) is 3.12. The van der Waals surface area contributed by atoms with Crippen molar-refractivity contribution in [3.05, 3.63) is 40.8 Å². The van der Waals surface area contributed by atoms with E-state index in [4.69, 9.17) is 11.6 Å². The lowest BCUT2D eigenvalue weighted by Crippen LogP contribution is -2.25. The molecule has 0 aliphatic carbocycles. The van der Waals surface area contributed by atoms with Gasteiger partial charge in [0.2, 0.25) is 0 Å². The molecular weight excluding hydrogens is 292 g/mol. The maximum atomic E-state index is 12.1. The molecule has 3 rings (SSSR count). The molecule has 0 radical (unpaired) electrons. The van der Waals surface area contributed by atoms with Crippen molar-refractivity contribution in [3.63, 3.8) is 0 Å². The molecule has 3 N–H and O–H groups in total. The molecule has 0 saturated carbocycles. The molecule has 2 heterocycles. The van der Waals surface area contributed by atoms with Crippen molar-refractivity contribution in [2.24, 2.45) is 0 Å². The van der Waals surface area contributed by atoms with Crippen LogP contribution >= 0.6 is 11.6 Å². The van der Waals surface area contributed by atoms with Crippen molar-refractivity contribution in [2.75, 3.05) is 6.54 Å². The molecule has 0 spiro atoms. The van der Waals surface area contributed by atoms with Gasteiger partial charge in [-0.2, -0.15) is 5.21 Å². The van der Waals surface area contributed by atoms with Gasteiger partial charge in [-0.05, 0) is 12.5 Å². The zero-order chi connectivity index (χ0) is 14.7. The van der Waals surface area contributed by atoms with Crippen molar-refractivity contribution >= 4 is 28.4 Å². The Balaban J connectivity index is 1.60. The first kappa shape index (κ1) is 13.6. The first-order valence-electron chi connectivity index (χ1n) is 6.52. The second-order valence-electron chi connectivity index (χ2n) is 4.55. The summed E-state index contributed by atoms with van der Waals surface area (Å²) >= 11 is 6.22. The second kappa shape index (κ2) is 5.92. The van der Waals surface area contributed by atoms with Gasteiger partial charge in [0.1, 0.15) is 5.69 Å². The van der Waals surface area contributed by atoms with E-state index in [1.54, 1.807) is 0 Å². The van der Waals surface area contributed by atoms with Crippen LogP contribution in [0, 0.1) is 0 Å². The maximum Gasteiger partial charge on any atom is 0.269 e. The molecule has 7 nitrogen and oxygen atoms in total. The number of aryl methyl sites for hydroxylation is 1. The lowest BCUT2D eigenvalue weighted by Gasteiger charge is -2.02. The number of carbonyl (C=O) groups is 1. The molecule has 0 aliphatic heterocycles. The van der Waals surface area contributed by atoms with Gasteiger partial charge < -0.3 is 10.3 Å². The minimum atomic E-state index is -0.218. The van der Waals surface area contributed by atoms with Crippen LogP contribution in [0.15, 0.2) is 24.3 Å². The first-order chi connectivity index (χ1) is 10.3. The zero-order valence-electron chi connectivity index (χ0n) is 11.1. The van der Waals surface area contributed by atoms with E-state index in [1.807, 2.05) is 24.3 Å². The van der Waals surface area contributed by atoms with E-state index in [0.29, 0.717) is 29.5 Å². The van der Waals surface area contributed by atoms with Crippen LogP contribution in [0.25, 0.3) is 10.9 Å². The Bertz CT molecular complexity index is 751. The van der Waals surface area contributed by atoms with Gasteiger partial charge in [-0.25, -0.2) is 0 Å². The van der Waals surface area contributed by atoms with Crippen LogP contribution in [-0.2, 0) is 6.42 Å². The summed E-state index contributed by atoms with van der Waals surface area (Å²) in [5.74, 6) is 0.414. The van der Waals surface area contributed by atoms with Gasteiger partial charge in [0, 0.05) is 23.9 Å². The van der Waals surface area contributed by atoms with Crippen LogP contribution in [0.3, 0.4) is 0 Å². The van der Waals surface area contributed by atoms with E-state index < -0.39 is 0 Å². The fourth-order valence-electron chi connectivity index (χ4n) is 2.09. The van der Waals surface area contributed by atoms with Crippen LogP contribution in [0.5, 0.6) is 0 Å². The van der Waals surface area contributed by atoms with Crippen LogP contribution < -0.4 is 5.32 Å². The highest BCUT2D eigenvalue weighted by Gasteiger charge is 2.15. The Labute approximate surface area is 125 Å². The molecule has 21 heavy (non-hydrogen) atoms. The summed E-state index contributed by atoms with van der Waals surface area (Å²) in [6.45, 7) is 0.513. The zero-order valence-corrected chi connectivity index (χ0v) is 11.8. The van der Waals surface area contributed by atoms with Gasteiger partial charge in [0.05, 0.1) is 5.02 Å². The lowest BCUT2D eigenvalue weighted by molar-refractivity contribution is 0.0949. The molecular formula is C13H13ClN6O. The summed E-state index contributed by atoms with van der Waals surface area (Å²) < 4.78 is 0. The largest absolute Gasteiger partial charge is 0.351 e. The smallest absolute Gasteiger partial charge is 0.269 e. The predicted molar refractivity (Wildman–Crippen MR) is 78.1 cm³/mol. The molecule has 0 bridgehead atoms. The number of aromatic amines is 2. The summed E-state index contributed by atoms with van der Waals surface area (Å²) in [4.78, 5) is 15.2. The summed E-state index contributed by atoms with van der Waals surface area (Å²) in [6, 6.07) is 7.53. The Morgan fingerprint density at radius 2 is 2.19 bits per heavy atom. The molecule has 0 atom stereocenters. The number of rotatable bonds is 5. The van der Waals surface area contributed by atoms with Gasteiger partial charge in [0.15, 0.2) is 5.82 Å². The van der Waals surface area contributed by atoms with Gasteiger partial charge in [-0.1, -0.05) is 35.0 Å². The van der Waals surface area contributed by atoms with Crippen LogP contribution in [0.1, 0.15) is 22.7 Å². The highest BCUT2D eigenvalue weighted by atomic mass is 35.5. The average molecular weight is 305 g/mol. The van der Waals surface area contributed by atoms with E-state index >= 15 is 0 Å². The highest BCUT2D eigenvalue weighted by molar-refractivity contribution is 6.38. The van der Waals surface area contributed by atoms with E-state index in [-0.39, 0.29) is 5.91 Å². The number of nitrogens with one attached hydrogen (secondary N) is 3. The minimum Gasteiger partial charge on any atom is -0.351 e. The topological polar surface area (TPSA) is 99.3 Å². The van der Waals surface area contributed by atoms with Gasteiger partial charge >= 0.3 is 0 Å². The quantitative estimate of drug-likeness (QED) is 0.625. The maximum absolute atomic E-state index is 12.1. The number of H-pyrrole nitrogens is 2. The number of carbonyl (C=O) groups excluding carboxylic acids is 1. The third kappa shape index (κ3) is 2.87. The van der Waals surface area contributed by atoms with Crippen LogP contribution in [0.2, 0.25) is 5.02 Å². The minimum absolute atomic E-state index is 0.218. The molecule has 1 amide bonds. The van der Waals surface area contributed by atoms with Crippen molar-refractivity contribution < 1.29 is 4.79 Å². The molecule has 1 aromatic carbocycles. The number of benzene rings is 1. The molecule has 108 valence electrons. The Hall–Kier alpha value is -2.41. The predicted octanol–water partition coefficient (Wildman–Crippen LogP) is 1.70. The fourth-order valence-corrected chi connectivity index (χ4v) is 2.39. The molecule has 3 aromatic rings. The standard InChI is InChI=1S/C13H13ClN6O/c14-11-8-4-1-2-5-9(8)16-12(11)13(21)15-7-3-6-10-17-19-20-18-10/h1-2,4-5,16H,3,6-7H2,(H,15,21)(H,17,18,19,20). The third-order valence-corrected chi connectivity index (χ3v) is 3.51. The number of nitrogens with zero attached hydrogens (tertiary/aromatic N) is 3. The number of halogens is 1.